The van der Waals surface area contributed by atoms with Gasteiger partial charge in [-0.3, -0.25) is 4.79 Å². The highest BCUT2D eigenvalue weighted by molar-refractivity contribution is 5.78. The third kappa shape index (κ3) is 3.89. The molecule has 1 aliphatic heterocycles. The standard InChI is InChI=1S/C18H23N5O/c1-13-5-2-8-16(20-13)22-17-9-3-7-15(21-17)14-6-4-10-23(12-14)18(24)11-19/h2-3,5,7-9,14H,4,6,10-12,19H2,1H3,(H,20,21,22). The van der Waals surface area contributed by atoms with Crippen LogP contribution in [-0.4, -0.2) is 40.4 Å². The zero-order valence-electron chi connectivity index (χ0n) is 13.9. The molecule has 1 unspecified atom stereocenters. The van der Waals surface area contributed by atoms with Crippen LogP contribution in [0.4, 0.5) is 11.6 Å². The Hall–Kier alpha value is -2.47. The number of nitrogens with zero attached hydrogens (tertiary/aromatic N) is 3. The number of nitrogens with one attached hydrogen (secondary N) is 1. The molecule has 0 spiro atoms. The van der Waals surface area contributed by atoms with Gasteiger partial charge in [0.1, 0.15) is 11.6 Å². The molecule has 0 aromatic carbocycles. The predicted octanol–water partition coefficient (Wildman–Crippen LogP) is 2.19. The summed E-state index contributed by atoms with van der Waals surface area (Å²) in [5.74, 6) is 1.82. The van der Waals surface area contributed by atoms with E-state index in [9.17, 15) is 4.79 Å². The molecule has 6 heteroatoms. The summed E-state index contributed by atoms with van der Waals surface area (Å²) in [4.78, 5) is 22.8. The molecular formula is C18H23N5O. The lowest BCUT2D eigenvalue weighted by atomic mass is 9.94. The highest BCUT2D eigenvalue weighted by Crippen LogP contribution is 2.26. The van der Waals surface area contributed by atoms with Crippen molar-refractivity contribution in [3.63, 3.8) is 0 Å². The van der Waals surface area contributed by atoms with Crippen molar-refractivity contribution in [2.45, 2.75) is 25.7 Å². The quantitative estimate of drug-likeness (QED) is 0.900. The van der Waals surface area contributed by atoms with E-state index in [1.165, 1.54) is 0 Å². The van der Waals surface area contributed by atoms with Gasteiger partial charge >= 0.3 is 0 Å². The number of aromatic nitrogens is 2. The average molecular weight is 325 g/mol. The Morgan fingerprint density at radius 2 is 2.00 bits per heavy atom. The molecule has 3 heterocycles. The van der Waals surface area contributed by atoms with E-state index in [0.29, 0.717) is 6.54 Å². The summed E-state index contributed by atoms with van der Waals surface area (Å²) in [5.41, 5.74) is 7.45. The van der Waals surface area contributed by atoms with Gasteiger partial charge in [0.05, 0.1) is 6.54 Å². The fraction of sp³-hybridized carbons (Fsp3) is 0.389. The number of hydrogen-bond acceptors (Lipinski definition) is 5. The third-order valence-corrected chi connectivity index (χ3v) is 4.28. The minimum absolute atomic E-state index is 0.0120. The number of anilines is 2. The van der Waals surface area contributed by atoms with Crippen LogP contribution in [0.2, 0.25) is 0 Å². The van der Waals surface area contributed by atoms with Gasteiger partial charge < -0.3 is 16.0 Å². The molecule has 3 N–H and O–H groups in total. The Morgan fingerprint density at radius 1 is 1.25 bits per heavy atom. The first kappa shape index (κ1) is 16.4. The molecule has 0 aliphatic carbocycles. The molecular weight excluding hydrogens is 302 g/mol. The summed E-state index contributed by atoms with van der Waals surface area (Å²) in [6, 6.07) is 11.8. The maximum atomic E-state index is 11.8. The number of hydrogen-bond donors (Lipinski definition) is 2. The van der Waals surface area contributed by atoms with Gasteiger partial charge in [-0.2, -0.15) is 0 Å². The molecule has 0 saturated carbocycles. The zero-order chi connectivity index (χ0) is 16.9. The number of amides is 1. The summed E-state index contributed by atoms with van der Waals surface area (Å²) < 4.78 is 0. The van der Waals surface area contributed by atoms with Gasteiger partial charge in [-0.15, -0.1) is 0 Å². The predicted molar refractivity (Wildman–Crippen MR) is 94.1 cm³/mol. The third-order valence-electron chi connectivity index (χ3n) is 4.28. The van der Waals surface area contributed by atoms with Crippen LogP contribution in [-0.2, 0) is 4.79 Å². The first-order valence-corrected chi connectivity index (χ1v) is 8.31. The van der Waals surface area contributed by atoms with Gasteiger partial charge in [0, 0.05) is 30.4 Å². The van der Waals surface area contributed by atoms with Crippen LogP contribution in [0.3, 0.4) is 0 Å². The van der Waals surface area contributed by atoms with Crippen molar-refractivity contribution in [3.05, 3.63) is 47.8 Å². The highest BCUT2D eigenvalue weighted by atomic mass is 16.2. The molecule has 1 atom stereocenters. The van der Waals surface area contributed by atoms with Crippen molar-refractivity contribution < 1.29 is 4.79 Å². The van der Waals surface area contributed by atoms with E-state index in [1.807, 2.05) is 48.2 Å². The molecule has 6 nitrogen and oxygen atoms in total. The van der Waals surface area contributed by atoms with E-state index < -0.39 is 0 Å². The Morgan fingerprint density at radius 3 is 2.75 bits per heavy atom. The summed E-state index contributed by atoms with van der Waals surface area (Å²) in [6.07, 6.45) is 2.02. The van der Waals surface area contributed by atoms with E-state index in [-0.39, 0.29) is 18.4 Å². The average Bonchev–Trinajstić information content (AvgIpc) is 2.61. The van der Waals surface area contributed by atoms with Crippen LogP contribution >= 0.6 is 0 Å². The number of nitrogens with two attached hydrogens (primary N) is 1. The molecule has 1 fully saturated rings. The number of aryl methyl sites for hydroxylation is 1. The van der Waals surface area contributed by atoms with Gasteiger partial charge in [0.2, 0.25) is 5.91 Å². The molecule has 24 heavy (non-hydrogen) atoms. The van der Waals surface area contributed by atoms with Crippen molar-refractivity contribution in [3.8, 4) is 0 Å². The van der Waals surface area contributed by atoms with Crippen molar-refractivity contribution in [2.75, 3.05) is 25.0 Å². The normalized spacial score (nSPS) is 17.6. The van der Waals surface area contributed by atoms with Crippen LogP contribution in [0.5, 0.6) is 0 Å². The number of carbonyl (C=O) groups is 1. The number of pyridine rings is 2. The van der Waals surface area contributed by atoms with Crippen LogP contribution in [0.25, 0.3) is 0 Å². The smallest absolute Gasteiger partial charge is 0.236 e. The molecule has 2 aromatic heterocycles. The first-order valence-electron chi connectivity index (χ1n) is 8.31. The lowest BCUT2D eigenvalue weighted by Crippen LogP contribution is -2.42. The minimum atomic E-state index is 0.0120. The Balaban J connectivity index is 1.74. The monoisotopic (exact) mass is 325 g/mol. The molecule has 0 radical (unpaired) electrons. The minimum Gasteiger partial charge on any atom is -0.341 e. The lowest BCUT2D eigenvalue weighted by Gasteiger charge is -2.32. The van der Waals surface area contributed by atoms with Crippen molar-refractivity contribution in [2.24, 2.45) is 5.73 Å². The Labute approximate surface area is 142 Å². The number of rotatable bonds is 4. The Kier molecular flexibility index (Phi) is 5.05. The van der Waals surface area contributed by atoms with Crippen molar-refractivity contribution in [1.29, 1.82) is 0 Å². The lowest BCUT2D eigenvalue weighted by molar-refractivity contribution is -0.130. The second-order valence-corrected chi connectivity index (χ2v) is 6.12. The fourth-order valence-electron chi connectivity index (χ4n) is 3.07. The summed E-state index contributed by atoms with van der Waals surface area (Å²) in [7, 11) is 0. The van der Waals surface area contributed by atoms with Crippen LogP contribution < -0.4 is 11.1 Å². The largest absolute Gasteiger partial charge is 0.341 e. The second kappa shape index (κ2) is 7.40. The molecule has 1 amide bonds. The Bertz CT molecular complexity index is 718. The molecule has 0 bridgehead atoms. The number of carbonyl (C=O) groups excluding carboxylic acids is 1. The second-order valence-electron chi connectivity index (χ2n) is 6.12. The van der Waals surface area contributed by atoms with E-state index in [4.69, 9.17) is 10.7 Å². The first-order chi connectivity index (χ1) is 11.7. The van der Waals surface area contributed by atoms with Crippen LogP contribution in [0.1, 0.15) is 30.1 Å². The van der Waals surface area contributed by atoms with E-state index in [2.05, 4.69) is 10.3 Å². The highest BCUT2D eigenvalue weighted by Gasteiger charge is 2.24. The van der Waals surface area contributed by atoms with Gasteiger partial charge in [0.25, 0.3) is 0 Å². The van der Waals surface area contributed by atoms with Crippen molar-refractivity contribution in [1.82, 2.24) is 14.9 Å². The van der Waals surface area contributed by atoms with E-state index in [1.54, 1.807) is 0 Å². The fourth-order valence-corrected chi connectivity index (χ4v) is 3.07. The maximum Gasteiger partial charge on any atom is 0.236 e. The molecule has 1 saturated heterocycles. The maximum absolute atomic E-state index is 11.8. The number of piperidine rings is 1. The van der Waals surface area contributed by atoms with Crippen molar-refractivity contribution >= 4 is 17.5 Å². The summed E-state index contributed by atoms with van der Waals surface area (Å²) in [6.45, 7) is 3.51. The topological polar surface area (TPSA) is 84.1 Å². The van der Waals surface area contributed by atoms with Gasteiger partial charge in [-0.25, -0.2) is 9.97 Å². The van der Waals surface area contributed by atoms with E-state index in [0.717, 1.165) is 42.4 Å². The molecule has 3 rings (SSSR count). The van der Waals surface area contributed by atoms with Crippen LogP contribution in [0.15, 0.2) is 36.4 Å². The summed E-state index contributed by atoms with van der Waals surface area (Å²) >= 11 is 0. The van der Waals surface area contributed by atoms with Gasteiger partial charge in [0.15, 0.2) is 0 Å². The van der Waals surface area contributed by atoms with E-state index >= 15 is 0 Å². The molecule has 1 aliphatic rings. The zero-order valence-corrected chi connectivity index (χ0v) is 13.9. The molecule has 2 aromatic rings. The van der Waals surface area contributed by atoms with Gasteiger partial charge in [-0.05, 0) is 44.0 Å². The summed E-state index contributed by atoms with van der Waals surface area (Å²) in [5, 5.41) is 3.25. The van der Waals surface area contributed by atoms with Crippen LogP contribution in [0, 0.1) is 6.92 Å². The molecule has 126 valence electrons. The number of likely N-dealkylation sites (tertiary alicyclic amines) is 1. The SMILES string of the molecule is Cc1cccc(Nc2cccc(C3CCCN(C(=O)CN)C3)n2)n1. The van der Waals surface area contributed by atoms with Gasteiger partial charge in [-0.1, -0.05) is 12.1 Å².